The molecule has 1 aliphatic rings. The first kappa shape index (κ1) is 20.0. The number of alkyl halides is 3. The van der Waals surface area contributed by atoms with E-state index in [0.717, 1.165) is 12.5 Å². The minimum Gasteiger partial charge on any atom is -0.412 e. The van der Waals surface area contributed by atoms with Gasteiger partial charge in [-0.15, -0.1) is 12.4 Å². The topological polar surface area (TPSA) is 97.0 Å². The molecule has 0 aliphatic carbocycles. The van der Waals surface area contributed by atoms with Gasteiger partial charge in [-0.2, -0.15) is 13.2 Å². The molecule has 0 unspecified atom stereocenters. The highest BCUT2D eigenvalue weighted by atomic mass is 35.5. The van der Waals surface area contributed by atoms with E-state index in [2.05, 4.69) is 20.9 Å². The van der Waals surface area contributed by atoms with Crippen molar-refractivity contribution < 1.29 is 23.4 Å². The lowest BCUT2D eigenvalue weighted by molar-refractivity contribution is -0.136. The summed E-state index contributed by atoms with van der Waals surface area (Å²) >= 11 is 0. The highest BCUT2D eigenvalue weighted by Gasteiger charge is 2.33. The summed E-state index contributed by atoms with van der Waals surface area (Å²) in [5.74, 6) is 0.262. The maximum atomic E-state index is 12.7. The maximum absolute atomic E-state index is 12.7. The molecule has 1 aliphatic heterocycles. The van der Waals surface area contributed by atoms with Crippen molar-refractivity contribution in [2.75, 3.05) is 18.4 Å². The van der Waals surface area contributed by atoms with E-state index in [1.54, 1.807) is 0 Å². The number of anilines is 1. The molecule has 0 fully saturated rings. The average molecular weight is 341 g/mol. The number of nitrogens with zero attached hydrogens (tertiary/aromatic N) is 1. The van der Waals surface area contributed by atoms with Gasteiger partial charge in [-0.05, 0) is 18.6 Å². The third-order valence-corrected chi connectivity index (χ3v) is 2.61. The number of amides is 2. The standard InChI is InChI=1S/C12H13F3N4O.ClH.H2O/c13-12(14,15)8-4-1-2-5-9(8)18-11(20)19-10-16-6-3-7-17-10;;/h1-2,4-5H,3,6-7H2,(H3,16,17,18,19,20);1H;1H2. The molecule has 0 radical (unpaired) electrons. The van der Waals surface area contributed by atoms with Crippen LogP contribution in [0.4, 0.5) is 23.7 Å². The van der Waals surface area contributed by atoms with Gasteiger partial charge in [0, 0.05) is 13.1 Å². The number of halogens is 4. The first-order valence-electron chi connectivity index (χ1n) is 5.99. The number of hydrogen-bond donors (Lipinski definition) is 3. The zero-order valence-electron chi connectivity index (χ0n) is 11.3. The summed E-state index contributed by atoms with van der Waals surface area (Å²) in [6.07, 6.45) is -3.67. The SMILES string of the molecule is Cl.O.O=C(NC1=NCCCN1)Nc1ccccc1C(F)(F)F. The highest BCUT2D eigenvalue weighted by Crippen LogP contribution is 2.34. The van der Waals surface area contributed by atoms with Crippen LogP contribution in [0, 0.1) is 0 Å². The second kappa shape index (κ2) is 8.44. The first-order valence-corrected chi connectivity index (χ1v) is 5.99. The number of guanidine groups is 1. The van der Waals surface area contributed by atoms with E-state index in [1.807, 2.05) is 0 Å². The van der Waals surface area contributed by atoms with Crippen LogP contribution in [0.25, 0.3) is 0 Å². The Morgan fingerprint density at radius 2 is 1.91 bits per heavy atom. The molecule has 6 nitrogen and oxygen atoms in total. The quantitative estimate of drug-likeness (QED) is 0.726. The molecular weight excluding hydrogens is 325 g/mol. The average Bonchev–Trinajstić information content (AvgIpc) is 2.39. The number of carbonyl (C=O) groups excluding carboxylic acids is 1. The van der Waals surface area contributed by atoms with Gasteiger partial charge in [-0.3, -0.25) is 10.3 Å². The zero-order chi connectivity index (χ0) is 14.6. The summed E-state index contributed by atoms with van der Waals surface area (Å²) in [5, 5.41) is 7.38. The number of para-hydroxylation sites is 1. The second-order valence-electron chi connectivity index (χ2n) is 4.13. The van der Waals surface area contributed by atoms with Crippen LogP contribution < -0.4 is 16.0 Å². The van der Waals surface area contributed by atoms with Gasteiger partial charge in [-0.25, -0.2) is 4.79 Å². The molecule has 1 aromatic rings. The fourth-order valence-electron chi connectivity index (χ4n) is 1.72. The minimum atomic E-state index is -4.52. The summed E-state index contributed by atoms with van der Waals surface area (Å²) in [7, 11) is 0. The molecule has 2 rings (SSSR count). The lowest BCUT2D eigenvalue weighted by Gasteiger charge is -2.17. The summed E-state index contributed by atoms with van der Waals surface area (Å²) < 4.78 is 38.2. The van der Waals surface area contributed by atoms with Gasteiger partial charge in [0.25, 0.3) is 0 Å². The van der Waals surface area contributed by atoms with Crippen LogP contribution in [0.1, 0.15) is 12.0 Å². The molecule has 0 aromatic heterocycles. The third kappa shape index (κ3) is 5.41. The van der Waals surface area contributed by atoms with E-state index < -0.39 is 17.8 Å². The monoisotopic (exact) mass is 340 g/mol. The molecule has 0 bridgehead atoms. The Bertz CT molecular complexity index is 537. The van der Waals surface area contributed by atoms with E-state index >= 15 is 0 Å². The fraction of sp³-hybridized carbons (Fsp3) is 0.333. The fourth-order valence-corrected chi connectivity index (χ4v) is 1.72. The van der Waals surface area contributed by atoms with E-state index in [4.69, 9.17) is 0 Å². The lowest BCUT2D eigenvalue weighted by atomic mass is 10.1. The second-order valence-corrected chi connectivity index (χ2v) is 4.13. The van der Waals surface area contributed by atoms with Gasteiger partial charge in [-0.1, -0.05) is 12.1 Å². The molecule has 10 heteroatoms. The molecule has 1 heterocycles. The summed E-state index contributed by atoms with van der Waals surface area (Å²) in [6, 6.07) is 4.01. The Hall–Kier alpha value is -2.00. The van der Waals surface area contributed by atoms with Crippen LogP contribution in [-0.2, 0) is 6.18 Å². The molecule has 1 aromatic carbocycles. The number of nitrogens with one attached hydrogen (secondary N) is 3. The molecule has 22 heavy (non-hydrogen) atoms. The summed E-state index contributed by atoms with van der Waals surface area (Å²) in [4.78, 5) is 15.6. The Morgan fingerprint density at radius 3 is 2.50 bits per heavy atom. The van der Waals surface area contributed by atoms with Gasteiger partial charge in [0.15, 0.2) is 5.96 Å². The highest BCUT2D eigenvalue weighted by molar-refractivity contribution is 6.02. The number of rotatable bonds is 1. The molecule has 0 spiro atoms. The number of carbonyl (C=O) groups is 1. The van der Waals surface area contributed by atoms with Gasteiger partial charge in [0.2, 0.25) is 0 Å². The predicted molar refractivity (Wildman–Crippen MR) is 79.4 cm³/mol. The van der Waals surface area contributed by atoms with Gasteiger partial charge in [0.1, 0.15) is 0 Å². The maximum Gasteiger partial charge on any atom is 0.418 e. The van der Waals surface area contributed by atoms with Crippen LogP contribution in [0.3, 0.4) is 0 Å². The largest absolute Gasteiger partial charge is 0.418 e. The predicted octanol–water partition coefficient (Wildman–Crippen LogP) is 1.77. The Labute approximate surface area is 130 Å². The lowest BCUT2D eigenvalue weighted by Crippen LogP contribution is -2.45. The van der Waals surface area contributed by atoms with Gasteiger partial charge < -0.3 is 16.1 Å². The van der Waals surface area contributed by atoms with Crippen molar-refractivity contribution in [1.29, 1.82) is 0 Å². The Balaban J connectivity index is 0.00000220. The van der Waals surface area contributed by atoms with Crippen molar-refractivity contribution in [1.82, 2.24) is 10.6 Å². The molecule has 0 saturated heterocycles. The van der Waals surface area contributed by atoms with Crippen LogP contribution in [-0.4, -0.2) is 30.6 Å². The van der Waals surface area contributed by atoms with Gasteiger partial charge >= 0.3 is 12.2 Å². The molecule has 0 saturated carbocycles. The van der Waals surface area contributed by atoms with Crippen molar-refractivity contribution in [3.8, 4) is 0 Å². The summed E-state index contributed by atoms with van der Waals surface area (Å²) in [6.45, 7) is 1.24. The molecule has 5 N–H and O–H groups in total. The number of urea groups is 1. The Morgan fingerprint density at radius 1 is 1.23 bits per heavy atom. The molecule has 124 valence electrons. The molecule has 2 amide bonds. The normalized spacial score (nSPS) is 13.7. The molecule has 0 atom stereocenters. The smallest absolute Gasteiger partial charge is 0.412 e. The van der Waals surface area contributed by atoms with E-state index in [-0.39, 0.29) is 29.5 Å². The van der Waals surface area contributed by atoms with Crippen molar-refractivity contribution in [2.24, 2.45) is 4.99 Å². The van der Waals surface area contributed by atoms with Gasteiger partial charge in [0.05, 0.1) is 11.3 Å². The van der Waals surface area contributed by atoms with Crippen LogP contribution in [0.15, 0.2) is 29.3 Å². The Kier molecular flexibility index (Phi) is 7.68. The van der Waals surface area contributed by atoms with Crippen LogP contribution in [0.2, 0.25) is 0 Å². The number of aliphatic imine (C=N–C) groups is 1. The van der Waals surface area contributed by atoms with Crippen molar-refractivity contribution in [2.45, 2.75) is 12.6 Å². The third-order valence-electron chi connectivity index (χ3n) is 2.61. The van der Waals surface area contributed by atoms with E-state index in [0.29, 0.717) is 13.1 Å². The van der Waals surface area contributed by atoms with Crippen LogP contribution in [0.5, 0.6) is 0 Å². The summed E-state index contributed by atoms with van der Waals surface area (Å²) in [5.41, 5.74) is -1.19. The van der Waals surface area contributed by atoms with Crippen molar-refractivity contribution in [3.05, 3.63) is 29.8 Å². The van der Waals surface area contributed by atoms with Crippen LogP contribution >= 0.6 is 12.4 Å². The van der Waals surface area contributed by atoms with Crippen molar-refractivity contribution in [3.63, 3.8) is 0 Å². The number of hydrogen-bond acceptors (Lipinski definition) is 3. The van der Waals surface area contributed by atoms with E-state index in [9.17, 15) is 18.0 Å². The number of benzene rings is 1. The first-order chi connectivity index (χ1) is 9.47. The minimum absolute atomic E-state index is 0. The van der Waals surface area contributed by atoms with Crippen molar-refractivity contribution >= 4 is 30.1 Å². The van der Waals surface area contributed by atoms with E-state index in [1.165, 1.54) is 18.2 Å². The zero-order valence-corrected chi connectivity index (χ0v) is 12.1. The molecular formula is C12H16ClF3N4O2.